The van der Waals surface area contributed by atoms with E-state index in [4.69, 9.17) is 9.26 Å². The van der Waals surface area contributed by atoms with Gasteiger partial charge in [0.1, 0.15) is 0 Å². The van der Waals surface area contributed by atoms with Crippen molar-refractivity contribution in [2.75, 3.05) is 45.9 Å². The van der Waals surface area contributed by atoms with E-state index in [-0.39, 0.29) is 11.8 Å². The van der Waals surface area contributed by atoms with Crippen molar-refractivity contribution >= 4 is 5.91 Å². The maximum atomic E-state index is 12.3. The van der Waals surface area contributed by atoms with E-state index in [2.05, 4.69) is 15.0 Å². The van der Waals surface area contributed by atoms with Crippen LogP contribution in [0, 0.1) is 6.92 Å². The average molecular weight is 370 g/mol. The van der Waals surface area contributed by atoms with E-state index in [1.807, 2.05) is 36.1 Å². The predicted octanol–water partition coefficient (Wildman–Crippen LogP) is 2.08. The van der Waals surface area contributed by atoms with Gasteiger partial charge in [-0.25, -0.2) is 0 Å². The van der Waals surface area contributed by atoms with Gasteiger partial charge in [-0.3, -0.25) is 9.69 Å². The minimum Gasteiger partial charge on any atom is -0.379 e. The topological polar surface area (TPSA) is 71.7 Å². The molecule has 1 aromatic carbocycles. The lowest BCUT2D eigenvalue weighted by Gasteiger charge is -2.34. The summed E-state index contributed by atoms with van der Waals surface area (Å²) in [5, 5.41) is 4.17. The van der Waals surface area contributed by atoms with E-state index in [1.165, 1.54) is 0 Å². The van der Waals surface area contributed by atoms with Crippen LogP contribution in [0.4, 0.5) is 0 Å². The molecule has 7 nitrogen and oxygen atoms in total. The van der Waals surface area contributed by atoms with Gasteiger partial charge in [-0.1, -0.05) is 29.4 Å². The molecular weight excluding hydrogens is 344 g/mol. The number of nitrogens with zero attached hydrogens (tertiary/aromatic N) is 4. The standard InChI is InChI=1S/C20H26N4O3/c1-15-4-2-3-5-17(15)19-21-20(27-22-19)16-6-7-18(25)24(14-16)9-8-23-10-12-26-13-11-23/h2-5,16H,6-14H2,1H3/t16-/m1/s1. The van der Waals surface area contributed by atoms with Crippen LogP contribution in [0.15, 0.2) is 28.8 Å². The van der Waals surface area contributed by atoms with E-state index in [1.54, 1.807) is 0 Å². The van der Waals surface area contributed by atoms with Gasteiger partial charge in [-0.15, -0.1) is 0 Å². The zero-order valence-electron chi connectivity index (χ0n) is 15.8. The molecule has 144 valence electrons. The summed E-state index contributed by atoms with van der Waals surface area (Å²) in [5.41, 5.74) is 2.11. The van der Waals surface area contributed by atoms with Crippen molar-refractivity contribution in [3.8, 4) is 11.4 Å². The van der Waals surface area contributed by atoms with Gasteiger partial charge in [0.15, 0.2) is 0 Å². The third-order valence-corrected chi connectivity index (χ3v) is 5.47. The van der Waals surface area contributed by atoms with Crippen molar-refractivity contribution < 1.29 is 14.1 Å². The second-order valence-corrected chi connectivity index (χ2v) is 7.30. The number of piperidine rings is 1. The van der Waals surface area contributed by atoms with Crippen molar-refractivity contribution in [1.29, 1.82) is 0 Å². The van der Waals surface area contributed by atoms with Gasteiger partial charge in [0.25, 0.3) is 0 Å². The molecule has 0 bridgehead atoms. The summed E-state index contributed by atoms with van der Waals surface area (Å²) in [5.74, 6) is 1.59. The molecule has 0 spiro atoms. The molecule has 1 aromatic heterocycles. The monoisotopic (exact) mass is 370 g/mol. The summed E-state index contributed by atoms with van der Waals surface area (Å²) in [4.78, 5) is 21.3. The van der Waals surface area contributed by atoms with E-state index < -0.39 is 0 Å². The molecule has 2 aliphatic rings. The maximum absolute atomic E-state index is 12.3. The molecule has 0 N–H and O–H groups in total. The SMILES string of the molecule is Cc1ccccc1-c1noc([C@@H]2CCC(=O)N(CCN3CCOCC3)C2)n1. The number of hydrogen-bond acceptors (Lipinski definition) is 6. The molecule has 0 aliphatic carbocycles. The lowest BCUT2D eigenvalue weighted by Crippen LogP contribution is -2.45. The van der Waals surface area contributed by atoms with E-state index in [0.29, 0.717) is 24.7 Å². The predicted molar refractivity (Wildman–Crippen MR) is 100 cm³/mol. The zero-order valence-corrected chi connectivity index (χ0v) is 15.8. The Bertz CT molecular complexity index is 785. The Hall–Kier alpha value is -2.25. The first-order chi connectivity index (χ1) is 13.2. The van der Waals surface area contributed by atoms with Gasteiger partial charge in [0.2, 0.25) is 17.6 Å². The lowest BCUT2D eigenvalue weighted by molar-refractivity contribution is -0.134. The van der Waals surface area contributed by atoms with Crippen LogP contribution >= 0.6 is 0 Å². The summed E-state index contributed by atoms with van der Waals surface area (Å²) < 4.78 is 11.0. The fraction of sp³-hybridized carbons (Fsp3) is 0.550. The van der Waals surface area contributed by atoms with Crippen molar-refractivity contribution in [2.24, 2.45) is 0 Å². The Labute approximate surface area is 159 Å². The molecule has 2 saturated heterocycles. The number of likely N-dealkylation sites (tertiary alicyclic amines) is 1. The average Bonchev–Trinajstić information content (AvgIpc) is 3.18. The summed E-state index contributed by atoms with van der Waals surface area (Å²) in [6.07, 6.45) is 1.30. The Morgan fingerprint density at radius 3 is 2.81 bits per heavy atom. The molecular formula is C20H26N4O3. The fourth-order valence-corrected chi connectivity index (χ4v) is 3.75. The Balaban J connectivity index is 1.40. The fourth-order valence-electron chi connectivity index (χ4n) is 3.75. The van der Waals surface area contributed by atoms with Crippen LogP contribution < -0.4 is 0 Å². The van der Waals surface area contributed by atoms with Crippen LogP contribution in [0.25, 0.3) is 11.4 Å². The highest BCUT2D eigenvalue weighted by Crippen LogP contribution is 2.28. The number of amides is 1. The van der Waals surface area contributed by atoms with Gasteiger partial charge in [-0.05, 0) is 18.9 Å². The summed E-state index contributed by atoms with van der Waals surface area (Å²) >= 11 is 0. The van der Waals surface area contributed by atoms with Gasteiger partial charge < -0.3 is 14.2 Å². The first-order valence-corrected chi connectivity index (χ1v) is 9.68. The first kappa shape index (κ1) is 18.1. The highest BCUT2D eigenvalue weighted by Gasteiger charge is 2.30. The summed E-state index contributed by atoms with van der Waals surface area (Å²) in [7, 11) is 0. The number of rotatable bonds is 5. The quantitative estimate of drug-likeness (QED) is 0.803. The second kappa shape index (κ2) is 8.19. The minimum absolute atomic E-state index is 0.109. The van der Waals surface area contributed by atoms with Crippen LogP contribution in [0.1, 0.15) is 30.2 Å². The molecule has 0 radical (unpaired) electrons. The number of morpholine rings is 1. The smallest absolute Gasteiger partial charge is 0.231 e. The van der Waals surface area contributed by atoms with E-state index in [0.717, 1.165) is 56.9 Å². The molecule has 0 unspecified atom stereocenters. The van der Waals surface area contributed by atoms with Crippen LogP contribution in [0.3, 0.4) is 0 Å². The molecule has 0 saturated carbocycles. The van der Waals surface area contributed by atoms with Gasteiger partial charge in [0.05, 0.1) is 19.1 Å². The van der Waals surface area contributed by atoms with E-state index in [9.17, 15) is 4.79 Å². The van der Waals surface area contributed by atoms with Crippen molar-refractivity contribution in [2.45, 2.75) is 25.7 Å². The number of hydrogen-bond donors (Lipinski definition) is 0. The number of carbonyl (C=O) groups excluding carboxylic acids is 1. The van der Waals surface area contributed by atoms with Crippen LogP contribution in [0.2, 0.25) is 0 Å². The molecule has 3 heterocycles. The molecule has 2 aliphatic heterocycles. The van der Waals surface area contributed by atoms with Crippen LogP contribution in [0.5, 0.6) is 0 Å². The minimum atomic E-state index is 0.109. The largest absolute Gasteiger partial charge is 0.379 e. The lowest BCUT2D eigenvalue weighted by atomic mass is 9.97. The molecule has 1 amide bonds. The van der Waals surface area contributed by atoms with Gasteiger partial charge in [-0.2, -0.15) is 4.98 Å². The highest BCUT2D eigenvalue weighted by atomic mass is 16.5. The number of benzene rings is 1. The number of aromatic nitrogens is 2. The Morgan fingerprint density at radius 2 is 2.00 bits per heavy atom. The molecule has 2 fully saturated rings. The van der Waals surface area contributed by atoms with Crippen LogP contribution in [-0.4, -0.2) is 71.8 Å². The summed E-state index contributed by atoms with van der Waals surface area (Å²) in [6, 6.07) is 8.02. The third-order valence-electron chi connectivity index (χ3n) is 5.47. The number of ether oxygens (including phenoxy) is 1. The summed E-state index contributed by atoms with van der Waals surface area (Å²) in [6.45, 7) is 7.76. The van der Waals surface area contributed by atoms with Crippen molar-refractivity contribution in [3.63, 3.8) is 0 Å². The second-order valence-electron chi connectivity index (χ2n) is 7.30. The molecule has 7 heteroatoms. The molecule has 27 heavy (non-hydrogen) atoms. The normalized spacial score (nSPS) is 21.6. The number of carbonyl (C=O) groups is 1. The Morgan fingerprint density at radius 1 is 1.19 bits per heavy atom. The highest BCUT2D eigenvalue weighted by molar-refractivity contribution is 5.77. The zero-order chi connectivity index (χ0) is 18.6. The molecule has 2 aromatic rings. The van der Waals surface area contributed by atoms with Crippen molar-refractivity contribution in [1.82, 2.24) is 19.9 Å². The van der Waals surface area contributed by atoms with Gasteiger partial charge >= 0.3 is 0 Å². The maximum Gasteiger partial charge on any atom is 0.231 e. The van der Waals surface area contributed by atoms with Crippen molar-refractivity contribution in [3.05, 3.63) is 35.7 Å². The molecule has 1 atom stereocenters. The first-order valence-electron chi connectivity index (χ1n) is 9.68. The Kier molecular flexibility index (Phi) is 5.50. The van der Waals surface area contributed by atoms with Gasteiger partial charge in [0, 0.05) is 44.7 Å². The number of aryl methyl sites for hydroxylation is 1. The van der Waals surface area contributed by atoms with Crippen LogP contribution in [-0.2, 0) is 9.53 Å². The van der Waals surface area contributed by atoms with E-state index >= 15 is 0 Å². The molecule has 4 rings (SSSR count). The third kappa shape index (κ3) is 4.20.